The van der Waals surface area contributed by atoms with Gasteiger partial charge in [-0.1, -0.05) is 26.7 Å². The third kappa shape index (κ3) is 2.96. The third-order valence-electron chi connectivity index (χ3n) is 3.46. The van der Waals surface area contributed by atoms with E-state index in [1.807, 2.05) is 0 Å². The van der Waals surface area contributed by atoms with Gasteiger partial charge in [-0.2, -0.15) is 5.26 Å². The number of nitrogens with zero attached hydrogens (tertiary/aromatic N) is 1. The molecule has 0 bridgehead atoms. The molecule has 4 nitrogen and oxygen atoms in total. The largest absolute Gasteiger partial charge is 0.227 e. The quantitative estimate of drug-likeness (QED) is 0.822. The molecule has 0 aliphatic heterocycles. The smallest absolute Gasteiger partial charge is 0.211 e. The first-order valence-electron chi connectivity index (χ1n) is 5.70. The summed E-state index contributed by atoms with van der Waals surface area (Å²) in [7, 11) is -3.49. The van der Waals surface area contributed by atoms with Crippen molar-refractivity contribution in [3.63, 3.8) is 0 Å². The number of nitrogens with one attached hydrogen (secondary N) is 1. The molecule has 1 aliphatic carbocycles. The van der Waals surface area contributed by atoms with Gasteiger partial charge in [-0.3, -0.25) is 0 Å². The first-order chi connectivity index (χ1) is 7.29. The minimum Gasteiger partial charge on any atom is -0.211 e. The molecule has 1 aliphatic rings. The summed E-state index contributed by atoms with van der Waals surface area (Å²) in [6.45, 7) is 5.57. The molecule has 1 N–H and O–H groups in total. The van der Waals surface area contributed by atoms with Crippen LogP contribution in [0.25, 0.3) is 0 Å². The lowest BCUT2D eigenvalue weighted by atomic mass is 9.74. The number of hydrogen-bond acceptors (Lipinski definition) is 3. The van der Waals surface area contributed by atoms with Crippen molar-refractivity contribution in [2.45, 2.75) is 57.7 Å². The summed E-state index contributed by atoms with van der Waals surface area (Å²) in [6.07, 6.45) is 4.10. The van der Waals surface area contributed by atoms with Crippen LogP contribution in [-0.2, 0) is 10.0 Å². The maximum Gasteiger partial charge on any atom is 0.227 e. The SMILES string of the molecule is CC(C#N)S(=O)(=O)NC1CCCCC1(C)C. The summed E-state index contributed by atoms with van der Waals surface area (Å²) in [5, 5.41) is 7.68. The molecule has 0 radical (unpaired) electrons. The summed E-state index contributed by atoms with van der Waals surface area (Å²) < 4.78 is 26.3. The summed E-state index contributed by atoms with van der Waals surface area (Å²) in [4.78, 5) is 0. The molecule has 5 heteroatoms. The van der Waals surface area contributed by atoms with Gasteiger partial charge >= 0.3 is 0 Å². The predicted molar refractivity (Wildman–Crippen MR) is 63.2 cm³/mol. The van der Waals surface area contributed by atoms with Crippen LogP contribution in [0, 0.1) is 16.7 Å². The zero-order valence-corrected chi connectivity index (χ0v) is 11.0. The molecule has 1 rings (SSSR count). The minimum absolute atomic E-state index is 0.0134. The third-order valence-corrected chi connectivity index (χ3v) is 5.11. The van der Waals surface area contributed by atoms with Crippen LogP contribution in [-0.4, -0.2) is 19.7 Å². The number of nitriles is 1. The average Bonchev–Trinajstić information content (AvgIpc) is 2.19. The zero-order chi connectivity index (χ0) is 12.4. The fourth-order valence-corrected chi connectivity index (χ4v) is 3.26. The Morgan fingerprint density at radius 2 is 2.06 bits per heavy atom. The maximum atomic E-state index is 11.8. The molecule has 16 heavy (non-hydrogen) atoms. The molecule has 92 valence electrons. The maximum absolute atomic E-state index is 11.8. The van der Waals surface area contributed by atoms with Gasteiger partial charge in [0.2, 0.25) is 10.0 Å². The van der Waals surface area contributed by atoms with Crippen molar-refractivity contribution < 1.29 is 8.42 Å². The van der Waals surface area contributed by atoms with E-state index in [9.17, 15) is 8.42 Å². The van der Waals surface area contributed by atoms with Crippen molar-refractivity contribution in [1.82, 2.24) is 4.72 Å². The van der Waals surface area contributed by atoms with E-state index in [0.29, 0.717) is 0 Å². The van der Waals surface area contributed by atoms with Crippen molar-refractivity contribution in [1.29, 1.82) is 5.26 Å². The Morgan fingerprint density at radius 1 is 1.44 bits per heavy atom. The molecule has 0 heterocycles. The van der Waals surface area contributed by atoms with Crippen molar-refractivity contribution in [2.24, 2.45) is 5.41 Å². The highest BCUT2D eigenvalue weighted by molar-refractivity contribution is 7.90. The molecule has 0 aromatic rings. The Bertz CT molecular complexity index is 381. The second-order valence-electron chi connectivity index (χ2n) is 5.22. The van der Waals surface area contributed by atoms with Crippen LogP contribution >= 0.6 is 0 Å². The fourth-order valence-electron chi connectivity index (χ4n) is 2.08. The Hall–Kier alpha value is -0.600. The van der Waals surface area contributed by atoms with Gasteiger partial charge in [0.1, 0.15) is 0 Å². The van der Waals surface area contributed by atoms with E-state index in [-0.39, 0.29) is 11.5 Å². The highest BCUT2D eigenvalue weighted by Gasteiger charge is 2.36. The van der Waals surface area contributed by atoms with Gasteiger partial charge in [0.05, 0.1) is 6.07 Å². The van der Waals surface area contributed by atoms with E-state index in [0.717, 1.165) is 25.7 Å². The molecule has 0 amide bonds. The zero-order valence-electron chi connectivity index (χ0n) is 10.2. The van der Waals surface area contributed by atoms with Crippen molar-refractivity contribution in [3.05, 3.63) is 0 Å². The van der Waals surface area contributed by atoms with Gasteiger partial charge < -0.3 is 0 Å². The van der Waals surface area contributed by atoms with Crippen molar-refractivity contribution in [2.75, 3.05) is 0 Å². The average molecular weight is 244 g/mol. The van der Waals surface area contributed by atoms with Crippen molar-refractivity contribution in [3.8, 4) is 6.07 Å². The first-order valence-corrected chi connectivity index (χ1v) is 7.25. The second kappa shape index (κ2) is 4.72. The lowest BCUT2D eigenvalue weighted by molar-refractivity contribution is 0.188. The van der Waals surface area contributed by atoms with E-state index in [1.54, 1.807) is 6.07 Å². The molecule has 0 saturated heterocycles. The van der Waals surface area contributed by atoms with E-state index in [2.05, 4.69) is 18.6 Å². The Balaban J connectivity index is 2.77. The van der Waals surface area contributed by atoms with Gasteiger partial charge in [0.15, 0.2) is 5.25 Å². The lowest BCUT2D eigenvalue weighted by Crippen LogP contribution is -2.48. The van der Waals surface area contributed by atoms with E-state index < -0.39 is 15.3 Å². The molecule has 2 atom stereocenters. The summed E-state index contributed by atoms with van der Waals surface area (Å²) >= 11 is 0. The molecule has 0 spiro atoms. The molecule has 1 saturated carbocycles. The first kappa shape index (κ1) is 13.5. The van der Waals surface area contributed by atoms with Crippen LogP contribution in [0.4, 0.5) is 0 Å². The van der Waals surface area contributed by atoms with E-state index in [1.165, 1.54) is 6.92 Å². The number of hydrogen-bond donors (Lipinski definition) is 1. The monoisotopic (exact) mass is 244 g/mol. The van der Waals surface area contributed by atoms with Gasteiger partial charge in [-0.25, -0.2) is 13.1 Å². The predicted octanol–water partition coefficient (Wildman–Crippen LogP) is 1.79. The fraction of sp³-hybridized carbons (Fsp3) is 0.909. The van der Waals surface area contributed by atoms with Crippen LogP contribution in [0.15, 0.2) is 0 Å². The van der Waals surface area contributed by atoms with Crippen LogP contribution in [0.3, 0.4) is 0 Å². The Labute approximate surface area is 98.1 Å². The van der Waals surface area contributed by atoms with Gasteiger partial charge in [-0.15, -0.1) is 0 Å². The molecular formula is C11H20N2O2S. The highest BCUT2D eigenvalue weighted by atomic mass is 32.2. The molecule has 0 aromatic carbocycles. The summed E-state index contributed by atoms with van der Waals surface area (Å²) in [5.41, 5.74) is -0.0134. The van der Waals surface area contributed by atoms with Gasteiger partial charge in [0, 0.05) is 6.04 Å². The highest BCUT2D eigenvalue weighted by Crippen LogP contribution is 2.35. The standard InChI is InChI=1S/C11H20N2O2S/c1-9(8-12)16(14,15)13-10-6-4-5-7-11(10,2)3/h9-10,13H,4-7H2,1-3H3. The Kier molecular flexibility index (Phi) is 3.97. The van der Waals surface area contributed by atoms with Crippen molar-refractivity contribution >= 4 is 10.0 Å². The molecule has 2 unspecified atom stereocenters. The Morgan fingerprint density at radius 3 is 2.56 bits per heavy atom. The molecule has 1 fully saturated rings. The second-order valence-corrected chi connectivity index (χ2v) is 7.25. The lowest BCUT2D eigenvalue weighted by Gasteiger charge is -2.38. The van der Waals surface area contributed by atoms with E-state index in [4.69, 9.17) is 5.26 Å². The number of sulfonamides is 1. The molecule has 0 aromatic heterocycles. The van der Waals surface area contributed by atoms with Crippen LogP contribution in [0.5, 0.6) is 0 Å². The molecular weight excluding hydrogens is 224 g/mol. The van der Waals surface area contributed by atoms with Crippen LogP contribution in [0.2, 0.25) is 0 Å². The summed E-state index contributed by atoms with van der Waals surface area (Å²) in [6, 6.07) is 1.73. The van der Waals surface area contributed by atoms with Crippen LogP contribution < -0.4 is 4.72 Å². The van der Waals surface area contributed by atoms with E-state index >= 15 is 0 Å². The topological polar surface area (TPSA) is 70.0 Å². The minimum atomic E-state index is -3.49. The van der Waals surface area contributed by atoms with Crippen LogP contribution in [0.1, 0.15) is 46.5 Å². The van der Waals surface area contributed by atoms with Gasteiger partial charge in [-0.05, 0) is 25.2 Å². The van der Waals surface area contributed by atoms with Gasteiger partial charge in [0.25, 0.3) is 0 Å². The normalized spacial score (nSPS) is 27.0. The summed E-state index contributed by atoms with van der Waals surface area (Å²) in [5.74, 6) is 0. The number of rotatable bonds is 3.